The minimum Gasteiger partial charge on any atom is -0.493 e. The van der Waals surface area contributed by atoms with Gasteiger partial charge in [-0.1, -0.05) is 35.3 Å². The van der Waals surface area contributed by atoms with E-state index in [9.17, 15) is 24.6 Å². The van der Waals surface area contributed by atoms with E-state index in [2.05, 4.69) is 5.32 Å². The lowest BCUT2D eigenvalue weighted by Gasteiger charge is -2.13. The number of nitrogens with one attached hydrogen (secondary N) is 1. The quantitative estimate of drug-likeness (QED) is 0.166. The maximum atomic E-state index is 13.1. The Hall–Kier alpha value is -4.13. The molecule has 0 aromatic heterocycles. The molecule has 1 N–H and O–H groups in total. The SMILES string of the molecule is COc1cc(C=C(C#N)C(=O)Nc2ccc(Cl)cc2[N+](=O)[O-])cc(Cl)c1OCc1ccc(F)cc1. The Balaban J connectivity index is 1.84. The Morgan fingerprint density at radius 3 is 2.54 bits per heavy atom. The van der Waals surface area contributed by atoms with Gasteiger partial charge in [-0.2, -0.15) is 5.26 Å². The number of benzene rings is 3. The van der Waals surface area contributed by atoms with Gasteiger partial charge in [0.2, 0.25) is 0 Å². The third kappa shape index (κ3) is 6.47. The zero-order valence-electron chi connectivity index (χ0n) is 18.1. The molecule has 0 unspecified atom stereocenters. The summed E-state index contributed by atoms with van der Waals surface area (Å²) in [5, 5.41) is 23.3. The van der Waals surface area contributed by atoms with Crippen molar-refractivity contribution in [3.8, 4) is 17.6 Å². The molecule has 11 heteroatoms. The molecule has 0 bridgehead atoms. The number of anilines is 1. The average molecular weight is 516 g/mol. The van der Waals surface area contributed by atoms with Gasteiger partial charge in [0.25, 0.3) is 11.6 Å². The van der Waals surface area contributed by atoms with Crippen molar-refractivity contribution >= 4 is 46.6 Å². The normalized spacial score (nSPS) is 10.9. The Bertz CT molecular complexity index is 1350. The van der Waals surface area contributed by atoms with Crippen LogP contribution in [0.4, 0.5) is 15.8 Å². The van der Waals surface area contributed by atoms with Crippen LogP contribution < -0.4 is 14.8 Å². The van der Waals surface area contributed by atoms with E-state index in [1.165, 1.54) is 49.6 Å². The number of amides is 1. The predicted molar refractivity (Wildman–Crippen MR) is 129 cm³/mol. The van der Waals surface area contributed by atoms with Gasteiger partial charge in [0.15, 0.2) is 11.5 Å². The first-order valence-corrected chi connectivity index (χ1v) is 10.6. The highest BCUT2D eigenvalue weighted by molar-refractivity contribution is 6.32. The zero-order chi connectivity index (χ0) is 25.5. The van der Waals surface area contributed by atoms with Crippen molar-refractivity contribution in [1.29, 1.82) is 5.26 Å². The maximum absolute atomic E-state index is 13.1. The summed E-state index contributed by atoms with van der Waals surface area (Å²) in [5.74, 6) is -0.791. The third-order valence-corrected chi connectivity index (χ3v) is 5.14. The first kappa shape index (κ1) is 25.5. The number of halogens is 3. The summed E-state index contributed by atoms with van der Waals surface area (Å²) < 4.78 is 24.1. The summed E-state index contributed by atoms with van der Waals surface area (Å²) in [5.41, 5.74) is 0.167. The van der Waals surface area contributed by atoms with Crippen molar-refractivity contribution in [2.75, 3.05) is 12.4 Å². The number of hydrogen-bond donors (Lipinski definition) is 1. The highest BCUT2D eigenvalue weighted by Crippen LogP contribution is 2.37. The number of methoxy groups -OCH3 is 1. The number of nitro groups is 1. The number of ether oxygens (including phenoxy) is 2. The molecule has 3 rings (SSSR count). The molecule has 0 aliphatic carbocycles. The lowest BCUT2D eigenvalue weighted by Crippen LogP contribution is -2.14. The van der Waals surface area contributed by atoms with Crippen LogP contribution in [0.2, 0.25) is 10.0 Å². The third-order valence-electron chi connectivity index (χ3n) is 4.63. The molecule has 3 aromatic rings. The van der Waals surface area contributed by atoms with Gasteiger partial charge < -0.3 is 14.8 Å². The molecule has 0 radical (unpaired) electrons. The summed E-state index contributed by atoms with van der Waals surface area (Å²) in [6.07, 6.45) is 1.25. The van der Waals surface area contributed by atoms with Crippen LogP contribution in [0.1, 0.15) is 11.1 Å². The van der Waals surface area contributed by atoms with Crippen LogP contribution in [0.5, 0.6) is 11.5 Å². The van der Waals surface area contributed by atoms with Crippen molar-refractivity contribution in [3.05, 3.63) is 97.3 Å². The van der Waals surface area contributed by atoms with Crippen LogP contribution in [-0.4, -0.2) is 17.9 Å². The van der Waals surface area contributed by atoms with Crippen LogP contribution in [-0.2, 0) is 11.4 Å². The first-order chi connectivity index (χ1) is 16.7. The molecule has 0 aliphatic rings. The molecule has 0 atom stereocenters. The molecular formula is C24H16Cl2FN3O5. The van der Waals surface area contributed by atoms with Crippen molar-refractivity contribution < 1.29 is 23.6 Å². The van der Waals surface area contributed by atoms with Gasteiger partial charge in [-0.05, 0) is 53.6 Å². The summed E-state index contributed by atoms with van der Waals surface area (Å²) >= 11 is 12.1. The fraction of sp³-hybridized carbons (Fsp3) is 0.0833. The molecule has 0 heterocycles. The standard InChI is InChI=1S/C24H16Cl2FN3O5/c1-34-22-10-15(9-19(26)23(22)35-13-14-2-5-18(27)6-3-14)8-16(12-28)24(31)29-20-7-4-17(25)11-21(20)30(32)33/h2-11H,13H2,1H3,(H,29,31). The fourth-order valence-corrected chi connectivity index (χ4v) is 3.41. The zero-order valence-corrected chi connectivity index (χ0v) is 19.6. The summed E-state index contributed by atoms with van der Waals surface area (Å²) in [4.78, 5) is 23.2. The molecule has 0 saturated heterocycles. The summed E-state index contributed by atoms with van der Waals surface area (Å²) in [7, 11) is 1.39. The number of nitrogens with zero attached hydrogens (tertiary/aromatic N) is 2. The van der Waals surface area contributed by atoms with Gasteiger partial charge in [-0.25, -0.2) is 4.39 Å². The molecule has 0 fully saturated rings. The first-order valence-electron chi connectivity index (χ1n) is 9.83. The largest absolute Gasteiger partial charge is 0.493 e. The number of nitro benzene ring substituents is 1. The van der Waals surface area contributed by atoms with Crippen LogP contribution in [0.15, 0.2) is 60.2 Å². The molecule has 3 aromatic carbocycles. The highest BCUT2D eigenvalue weighted by Gasteiger charge is 2.19. The maximum Gasteiger partial charge on any atom is 0.294 e. The van der Waals surface area contributed by atoms with E-state index >= 15 is 0 Å². The lowest BCUT2D eigenvalue weighted by atomic mass is 10.1. The Labute approximate surface area is 209 Å². The van der Waals surface area contributed by atoms with E-state index in [0.29, 0.717) is 11.1 Å². The molecular weight excluding hydrogens is 500 g/mol. The van der Waals surface area contributed by atoms with Crippen LogP contribution in [0, 0.1) is 27.3 Å². The van der Waals surface area contributed by atoms with E-state index in [-0.39, 0.29) is 45.2 Å². The topological polar surface area (TPSA) is 114 Å². The number of hydrogen-bond acceptors (Lipinski definition) is 6. The fourth-order valence-electron chi connectivity index (χ4n) is 2.97. The molecule has 178 valence electrons. The van der Waals surface area contributed by atoms with Crippen molar-refractivity contribution in [2.45, 2.75) is 6.61 Å². The second kappa shape index (κ2) is 11.3. The summed E-state index contributed by atoms with van der Waals surface area (Å²) in [6.45, 7) is 0.0945. The van der Waals surface area contributed by atoms with Gasteiger partial charge in [0.05, 0.1) is 17.1 Å². The van der Waals surface area contributed by atoms with Gasteiger partial charge in [-0.3, -0.25) is 14.9 Å². The van der Waals surface area contributed by atoms with Gasteiger partial charge in [0.1, 0.15) is 29.8 Å². The minimum atomic E-state index is -0.871. The molecule has 0 aliphatic heterocycles. The van der Waals surface area contributed by atoms with E-state index in [1.54, 1.807) is 18.2 Å². The Morgan fingerprint density at radius 2 is 1.91 bits per heavy atom. The molecule has 1 amide bonds. The Kier molecular flexibility index (Phi) is 8.25. The van der Waals surface area contributed by atoms with E-state index in [1.807, 2.05) is 0 Å². The number of carbonyl (C=O) groups is 1. The smallest absolute Gasteiger partial charge is 0.294 e. The van der Waals surface area contributed by atoms with Crippen LogP contribution >= 0.6 is 23.2 Å². The number of rotatable bonds is 8. The second-order valence-corrected chi connectivity index (χ2v) is 7.84. The molecule has 0 spiro atoms. The van der Waals surface area contributed by atoms with Gasteiger partial charge >= 0.3 is 0 Å². The number of nitriles is 1. The van der Waals surface area contributed by atoms with Gasteiger partial charge in [0, 0.05) is 11.1 Å². The second-order valence-electron chi connectivity index (χ2n) is 6.99. The molecule has 35 heavy (non-hydrogen) atoms. The summed E-state index contributed by atoms with van der Waals surface area (Å²) in [6, 6.07) is 14.2. The van der Waals surface area contributed by atoms with Crippen molar-refractivity contribution in [2.24, 2.45) is 0 Å². The predicted octanol–water partition coefficient (Wildman–Crippen LogP) is 6.17. The van der Waals surface area contributed by atoms with Crippen molar-refractivity contribution in [3.63, 3.8) is 0 Å². The lowest BCUT2D eigenvalue weighted by molar-refractivity contribution is -0.383. The Morgan fingerprint density at radius 1 is 1.20 bits per heavy atom. The van der Waals surface area contributed by atoms with Gasteiger partial charge in [-0.15, -0.1) is 0 Å². The average Bonchev–Trinajstić information content (AvgIpc) is 2.83. The minimum absolute atomic E-state index is 0.0945. The molecule has 0 saturated carbocycles. The van der Waals surface area contributed by atoms with E-state index < -0.39 is 16.5 Å². The van der Waals surface area contributed by atoms with Crippen LogP contribution in [0.3, 0.4) is 0 Å². The van der Waals surface area contributed by atoms with Crippen molar-refractivity contribution in [1.82, 2.24) is 0 Å². The van der Waals surface area contributed by atoms with E-state index in [4.69, 9.17) is 32.7 Å². The molecule has 8 nitrogen and oxygen atoms in total. The van der Waals surface area contributed by atoms with Crippen LogP contribution in [0.25, 0.3) is 6.08 Å². The highest BCUT2D eigenvalue weighted by atomic mass is 35.5. The number of carbonyl (C=O) groups excluding carboxylic acids is 1. The monoisotopic (exact) mass is 515 g/mol. The van der Waals surface area contributed by atoms with E-state index in [0.717, 1.165) is 6.07 Å².